The number of hydrogen-bond acceptors (Lipinski definition) is 7. The zero-order valence-corrected chi connectivity index (χ0v) is 18.0. The first kappa shape index (κ1) is 20.4. The average Bonchev–Trinajstić information content (AvgIpc) is 3.43. The molecule has 3 heterocycles. The smallest absolute Gasteiger partial charge is 0.325 e. The molecule has 0 radical (unpaired) electrons. The van der Waals surface area contributed by atoms with Crippen LogP contribution in [0.5, 0.6) is 0 Å². The lowest BCUT2D eigenvalue weighted by atomic mass is 10.1. The zero-order valence-electron chi connectivity index (χ0n) is 16.4. The highest BCUT2D eigenvalue weighted by atomic mass is 32.2. The predicted octanol–water partition coefficient (Wildman–Crippen LogP) is 3.64. The molecule has 1 aromatic carbocycles. The van der Waals surface area contributed by atoms with Crippen LogP contribution in [0.1, 0.15) is 24.8 Å². The molecule has 158 valence electrons. The van der Waals surface area contributed by atoms with E-state index in [1.807, 2.05) is 19.1 Å². The van der Waals surface area contributed by atoms with Crippen LogP contribution in [0.25, 0.3) is 0 Å². The number of aromatic nitrogens is 3. The number of aromatic amines is 1. The van der Waals surface area contributed by atoms with Gasteiger partial charge in [-0.05, 0) is 43.9 Å². The van der Waals surface area contributed by atoms with Gasteiger partial charge in [0.25, 0.3) is 9.84 Å². The van der Waals surface area contributed by atoms with Crippen molar-refractivity contribution in [1.29, 1.82) is 0 Å². The fraction of sp³-hybridized carbons (Fsp3) is 0.316. The summed E-state index contributed by atoms with van der Waals surface area (Å²) in [5.74, 6) is 0. The van der Waals surface area contributed by atoms with Gasteiger partial charge in [0.15, 0.2) is 5.13 Å². The van der Waals surface area contributed by atoms with E-state index in [4.69, 9.17) is 0 Å². The largest absolute Gasteiger partial charge is 0.370 e. The maximum absolute atomic E-state index is 12.5. The molecular weight excluding hydrogens is 424 g/mol. The zero-order chi connectivity index (χ0) is 21.1. The summed E-state index contributed by atoms with van der Waals surface area (Å²) in [7, 11) is -3.78. The lowest BCUT2D eigenvalue weighted by molar-refractivity contribution is 0.262. The first-order valence-corrected chi connectivity index (χ1v) is 11.9. The molecule has 3 aromatic rings. The molecule has 0 spiro atoms. The highest BCUT2D eigenvalue weighted by Crippen LogP contribution is 2.31. The molecule has 4 rings (SSSR count). The number of aryl methyl sites for hydroxylation is 1. The number of nitrogens with one attached hydrogen (secondary N) is 3. The Balaban J connectivity index is 1.48. The van der Waals surface area contributed by atoms with Gasteiger partial charge in [-0.25, -0.2) is 23.2 Å². The molecule has 0 bridgehead atoms. The fourth-order valence-electron chi connectivity index (χ4n) is 3.33. The highest BCUT2D eigenvalue weighted by Gasteiger charge is 2.24. The number of amides is 2. The minimum absolute atomic E-state index is 0.00269. The Bertz CT molecular complexity index is 1130. The summed E-state index contributed by atoms with van der Waals surface area (Å²) >= 11 is 0.870. The number of rotatable bonds is 5. The van der Waals surface area contributed by atoms with Crippen LogP contribution in [0.2, 0.25) is 0 Å². The van der Waals surface area contributed by atoms with E-state index in [2.05, 4.69) is 36.6 Å². The normalized spacial score (nSPS) is 14.5. The molecule has 30 heavy (non-hydrogen) atoms. The molecular formula is C19H22N6O3S2. The van der Waals surface area contributed by atoms with Crippen LogP contribution in [0.3, 0.4) is 0 Å². The molecule has 0 saturated carbocycles. The van der Waals surface area contributed by atoms with Crippen molar-refractivity contribution in [2.75, 3.05) is 28.6 Å². The average molecular weight is 447 g/mol. The Morgan fingerprint density at radius 2 is 1.97 bits per heavy atom. The van der Waals surface area contributed by atoms with E-state index in [-0.39, 0.29) is 14.5 Å². The summed E-state index contributed by atoms with van der Waals surface area (Å²) in [6, 6.07) is 5.42. The number of piperidine rings is 1. The predicted molar refractivity (Wildman–Crippen MR) is 116 cm³/mol. The van der Waals surface area contributed by atoms with Crippen molar-refractivity contribution in [2.45, 2.75) is 35.6 Å². The van der Waals surface area contributed by atoms with Crippen molar-refractivity contribution in [3.05, 3.63) is 42.4 Å². The van der Waals surface area contributed by atoms with Crippen molar-refractivity contribution < 1.29 is 13.2 Å². The summed E-state index contributed by atoms with van der Waals surface area (Å²) < 4.78 is 25.0. The summed E-state index contributed by atoms with van der Waals surface area (Å²) in [6.45, 7) is 3.94. The highest BCUT2D eigenvalue weighted by molar-refractivity contribution is 7.93. The molecule has 2 aromatic heterocycles. The minimum atomic E-state index is -3.78. The van der Waals surface area contributed by atoms with Crippen molar-refractivity contribution in [3.8, 4) is 0 Å². The number of hydrogen-bond donors (Lipinski definition) is 3. The molecule has 1 fully saturated rings. The van der Waals surface area contributed by atoms with Crippen LogP contribution < -0.4 is 15.5 Å². The Hall–Kier alpha value is -2.92. The molecule has 0 atom stereocenters. The van der Waals surface area contributed by atoms with Gasteiger partial charge in [0.2, 0.25) is 5.16 Å². The van der Waals surface area contributed by atoms with Gasteiger partial charge in [-0.2, -0.15) is 0 Å². The van der Waals surface area contributed by atoms with Gasteiger partial charge in [0, 0.05) is 25.5 Å². The molecule has 3 N–H and O–H groups in total. The molecule has 2 amide bonds. The Morgan fingerprint density at radius 3 is 2.70 bits per heavy atom. The van der Waals surface area contributed by atoms with Gasteiger partial charge in [-0.1, -0.05) is 17.4 Å². The number of nitrogens with zero attached hydrogens (tertiary/aromatic N) is 3. The fourth-order valence-corrected chi connectivity index (χ4v) is 5.59. The third-order valence-electron chi connectivity index (χ3n) is 4.80. The van der Waals surface area contributed by atoms with Gasteiger partial charge >= 0.3 is 6.03 Å². The van der Waals surface area contributed by atoms with Crippen molar-refractivity contribution >= 4 is 43.7 Å². The molecule has 0 aliphatic carbocycles. The summed E-state index contributed by atoms with van der Waals surface area (Å²) in [4.78, 5) is 25.2. The van der Waals surface area contributed by atoms with E-state index in [0.717, 1.165) is 48.5 Å². The lowest BCUT2D eigenvalue weighted by Crippen LogP contribution is -2.31. The van der Waals surface area contributed by atoms with Crippen LogP contribution in [-0.4, -0.2) is 42.5 Å². The number of urea groups is 1. The Morgan fingerprint density at radius 1 is 1.17 bits per heavy atom. The molecule has 1 aliphatic heterocycles. The summed E-state index contributed by atoms with van der Waals surface area (Å²) in [6.07, 6.45) is 7.49. The molecule has 1 aliphatic rings. The maximum atomic E-state index is 12.5. The number of benzene rings is 1. The first-order valence-electron chi connectivity index (χ1n) is 9.57. The second-order valence-corrected chi connectivity index (χ2v) is 10.2. The van der Waals surface area contributed by atoms with Crippen molar-refractivity contribution in [1.82, 2.24) is 15.0 Å². The van der Waals surface area contributed by atoms with Crippen molar-refractivity contribution in [3.63, 3.8) is 0 Å². The number of imidazole rings is 1. The quantitative estimate of drug-likeness (QED) is 0.550. The van der Waals surface area contributed by atoms with E-state index in [1.165, 1.54) is 25.0 Å². The number of carbonyl (C=O) groups is 1. The van der Waals surface area contributed by atoms with E-state index in [9.17, 15) is 13.2 Å². The summed E-state index contributed by atoms with van der Waals surface area (Å²) in [5, 5.41) is 5.51. The van der Waals surface area contributed by atoms with Gasteiger partial charge in [-0.15, -0.1) is 0 Å². The van der Waals surface area contributed by atoms with Crippen LogP contribution in [0, 0.1) is 6.92 Å². The molecule has 1 saturated heterocycles. The molecule has 9 nitrogen and oxygen atoms in total. The second-order valence-electron chi connectivity index (χ2n) is 7.03. The third-order valence-corrected chi connectivity index (χ3v) is 7.78. The number of carbonyl (C=O) groups excluding carboxylic acids is 1. The second kappa shape index (κ2) is 8.44. The topological polar surface area (TPSA) is 120 Å². The standard InChI is InChI=1S/C19H22N6O3S2/c1-13-5-6-14(15(11-13)25-9-3-2-4-10-25)23-17(26)24-18-22-12-16(29-18)30(27,28)19-20-7-8-21-19/h5-8,11-12H,2-4,9-10H2,1H3,(H,20,21)(H2,22,23,24,26). The van der Waals surface area contributed by atoms with E-state index in [1.54, 1.807) is 0 Å². The first-order chi connectivity index (χ1) is 14.4. The third kappa shape index (κ3) is 4.31. The Kier molecular flexibility index (Phi) is 5.73. The van der Waals surface area contributed by atoms with E-state index >= 15 is 0 Å². The number of H-pyrrole nitrogens is 1. The van der Waals surface area contributed by atoms with E-state index in [0.29, 0.717) is 5.69 Å². The Labute approximate surface area is 178 Å². The SMILES string of the molecule is Cc1ccc(NC(=O)Nc2ncc(S(=O)(=O)c3ncc[nH]3)s2)c(N2CCCCC2)c1. The maximum Gasteiger partial charge on any atom is 0.325 e. The van der Waals surface area contributed by atoms with Crippen LogP contribution >= 0.6 is 11.3 Å². The number of thiazole rings is 1. The van der Waals surface area contributed by atoms with Crippen LogP contribution in [-0.2, 0) is 9.84 Å². The lowest BCUT2D eigenvalue weighted by Gasteiger charge is -2.30. The van der Waals surface area contributed by atoms with Crippen LogP contribution in [0.4, 0.5) is 21.3 Å². The van der Waals surface area contributed by atoms with Gasteiger partial charge in [0.1, 0.15) is 4.21 Å². The molecule has 11 heteroatoms. The van der Waals surface area contributed by atoms with Gasteiger partial charge in [0.05, 0.1) is 17.6 Å². The van der Waals surface area contributed by atoms with Crippen LogP contribution in [0.15, 0.2) is 46.2 Å². The number of sulfone groups is 1. The number of anilines is 3. The van der Waals surface area contributed by atoms with E-state index < -0.39 is 15.9 Å². The summed E-state index contributed by atoms with van der Waals surface area (Å²) in [5.41, 5.74) is 2.82. The van der Waals surface area contributed by atoms with Gasteiger partial charge < -0.3 is 15.2 Å². The van der Waals surface area contributed by atoms with Crippen molar-refractivity contribution in [2.24, 2.45) is 0 Å². The van der Waals surface area contributed by atoms with Gasteiger partial charge in [-0.3, -0.25) is 5.32 Å². The minimum Gasteiger partial charge on any atom is -0.370 e. The monoisotopic (exact) mass is 446 g/mol. The molecule has 0 unspecified atom stereocenters.